The minimum Gasteiger partial charge on any atom is -0.493 e. The van der Waals surface area contributed by atoms with Gasteiger partial charge < -0.3 is 23.7 Å². The van der Waals surface area contributed by atoms with Crippen LogP contribution >= 0.6 is 0 Å². The molecule has 0 N–H and O–H groups in total. The molecule has 7 nitrogen and oxygen atoms in total. The van der Waals surface area contributed by atoms with Crippen molar-refractivity contribution in [3.63, 3.8) is 0 Å². The van der Waals surface area contributed by atoms with Crippen LogP contribution in [-0.2, 0) is 20.3 Å². The van der Waals surface area contributed by atoms with Crippen LogP contribution in [0, 0.1) is 6.92 Å². The Morgan fingerprint density at radius 1 is 0.973 bits per heavy atom. The Balaban J connectivity index is 1.43. The Labute approximate surface area is 219 Å². The van der Waals surface area contributed by atoms with Crippen molar-refractivity contribution in [3.05, 3.63) is 77.4 Å². The summed E-state index contributed by atoms with van der Waals surface area (Å²) in [5, 5.41) is 0. The zero-order valence-electron chi connectivity index (χ0n) is 21.3. The maximum Gasteiger partial charge on any atom is 0.218 e. The molecular formula is C29H31NO6S. The second-order valence-corrected chi connectivity index (χ2v) is 10.5. The van der Waals surface area contributed by atoms with Crippen molar-refractivity contribution in [1.29, 1.82) is 0 Å². The van der Waals surface area contributed by atoms with Gasteiger partial charge in [-0.3, -0.25) is 0 Å². The minimum atomic E-state index is -1.36. The third kappa shape index (κ3) is 5.50. The highest BCUT2D eigenvalue weighted by molar-refractivity contribution is 7.85. The molecule has 1 fully saturated rings. The largest absolute Gasteiger partial charge is 0.493 e. The molecule has 194 valence electrons. The Morgan fingerprint density at radius 2 is 1.70 bits per heavy atom. The normalized spacial score (nSPS) is 20.0. The molecule has 3 aromatic carbocycles. The molecule has 5 rings (SSSR count). The van der Waals surface area contributed by atoms with E-state index in [0.717, 1.165) is 40.8 Å². The van der Waals surface area contributed by atoms with E-state index in [1.54, 1.807) is 14.2 Å². The summed E-state index contributed by atoms with van der Waals surface area (Å²) in [6, 6.07) is 18.8. The van der Waals surface area contributed by atoms with Crippen LogP contribution < -0.4 is 14.2 Å². The van der Waals surface area contributed by atoms with Gasteiger partial charge in [0.05, 0.1) is 42.1 Å². The van der Waals surface area contributed by atoms with Gasteiger partial charge in [0.15, 0.2) is 17.8 Å². The van der Waals surface area contributed by atoms with Gasteiger partial charge >= 0.3 is 0 Å². The molecule has 0 spiro atoms. The summed E-state index contributed by atoms with van der Waals surface area (Å²) in [6.45, 7) is 3.04. The number of nitrogens with zero attached hydrogens (tertiary/aromatic N) is 1. The Hall–Kier alpha value is -3.36. The van der Waals surface area contributed by atoms with E-state index in [1.807, 2.05) is 67.6 Å². The molecule has 0 amide bonds. The van der Waals surface area contributed by atoms with Crippen LogP contribution in [0.5, 0.6) is 17.2 Å². The summed E-state index contributed by atoms with van der Waals surface area (Å²) in [7, 11) is 1.84. The zero-order chi connectivity index (χ0) is 25.8. The molecule has 2 aliphatic heterocycles. The lowest BCUT2D eigenvalue weighted by Crippen LogP contribution is -2.25. The van der Waals surface area contributed by atoms with Gasteiger partial charge in [-0.25, -0.2) is 9.20 Å². The van der Waals surface area contributed by atoms with Gasteiger partial charge in [-0.2, -0.15) is 0 Å². The van der Waals surface area contributed by atoms with Crippen LogP contribution in [0.25, 0.3) is 0 Å². The Kier molecular flexibility index (Phi) is 7.76. The van der Waals surface area contributed by atoms with Gasteiger partial charge in [-0.15, -0.1) is 0 Å². The molecule has 3 atom stereocenters. The number of aliphatic imine (C=N–C) groups is 1. The lowest BCUT2D eigenvalue weighted by Gasteiger charge is -2.25. The zero-order valence-corrected chi connectivity index (χ0v) is 22.1. The quantitative estimate of drug-likeness (QED) is 0.384. The molecule has 2 heterocycles. The van der Waals surface area contributed by atoms with Crippen molar-refractivity contribution < 1.29 is 27.9 Å². The topological polar surface area (TPSA) is 75.6 Å². The maximum atomic E-state index is 13.4. The average molecular weight is 522 g/mol. The highest BCUT2D eigenvalue weighted by Gasteiger charge is 2.28. The molecular weight excluding hydrogens is 490 g/mol. The van der Waals surface area contributed by atoms with Crippen molar-refractivity contribution in [3.8, 4) is 17.2 Å². The summed E-state index contributed by atoms with van der Waals surface area (Å²) in [4.78, 5) is 6.26. The fraction of sp³-hybridized carbons (Fsp3) is 0.345. The summed E-state index contributed by atoms with van der Waals surface area (Å²) in [5.74, 6) is 2.08. The van der Waals surface area contributed by atoms with Crippen LogP contribution in [0.4, 0.5) is 0 Å². The molecule has 2 aliphatic rings. The van der Waals surface area contributed by atoms with Crippen molar-refractivity contribution in [2.75, 3.05) is 27.4 Å². The number of ether oxygens (including phenoxy) is 5. The second kappa shape index (κ2) is 11.4. The van der Waals surface area contributed by atoms with Gasteiger partial charge in [0.25, 0.3) is 0 Å². The molecule has 1 saturated heterocycles. The third-order valence-corrected chi connectivity index (χ3v) is 7.91. The smallest absolute Gasteiger partial charge is 0.218 e. The number of benzene rings is 3. The number of rotatable bonds is 8. The number of methoxy groups -OCH3 is 2. The van der Waals surface area contributed by atoms with Crippen molar-refractivity contribution >= 4 is 16.7 Å². The van der Waals surface area contributed by atoms with E-state index in [-0.39, 0.29) is 12.3 Å². The van der Waals surface area contributed by atoms with Gasteiger partial charge in [0.2, 0.25) is 11.6 Å². The molecule has 0 aromatic heterocycles. The van der Waals surface area contributed by atoms with Crippen LogP contribution in [-0.4, -0.2) is 43.8 Å². The fourth-order valence-corrected chi connectivity index (χ4v) is 5.62. The molecule has 3 aromatic rings. The maximum absolute atomic E-state index is 13.4. The van der Waals surface area contributed by atoms with Gasteiger partial charge in [-0.1, -0.05) is 29.8 Å². The first kappa shape index (κ1) is 25.3. The lowest BCUT2D eigenvalue weighted by molar-refractivity contribution is -0.107. The van der Waals surface area contributed by atoms with E-state index in [0.29, 0.717) is 41.3 Å². The molecule has 1 unspecified atom stereocenters. The SMILES string of the molecule is COc1cc([C@H]2COC(c3ccccc3[S@@](=O)c3ccc(C)cc3)=N2)cc(OC)c1OC1CCCCO1. The van der Waals surface area contributed by atoms with E-state index in [1.165, 1.54) is 0 Å². The van der Waals surface area contributed by atoms with Gasteiger partial charge in [-0.05, 0) is 61.7 Å². The summed E-state index contributed by atoms with van der Waals surface area (Å²) in [5.41, 5.74) is 2.71. The number of aryl methyl sites for hydroxylation is 1. The Morgan fingerprint density at radius 3 is 2.38 bits per heavy atom. The monoisotopic (exact) mass is 521 g/mol. The van der Waals surface area contributed by atoms with Gasteiger partial charge in [0, 0.05) is 11.3 Å². The van der Waals surface area contributed by atoms with E-state index in [9.17, 15) is 4.21 Å². The average Bonchev–Trinajstić information content (AvgIpc) is 3.44. The number of hydrogen-bond donors (Lipinski definition) is 0. The first-order chi connectivity index (χ1) is 18.1. The summed E-state index contributed by atoms with van der Waals surface area (Å²) < 4.78 is 42.6. The minimum absolute atomic E-state index is 0.279. The van der Waals surface area contributed by atoms with Crippen LogP contribution in [0.2, 0.25) is 0 Å². The van der Waals surface area contributed by atoms with Crippen LogP contribution in [0.3, 0.4) is 0 Å². The second-order valence-electron chi connectivity index (χ2n) is 9.01. The molecule has 0 bridgehead atoms. The first-order valence-electron chi connectivity index (χ1n) is 12.4. The molecule has 0 saturated carbocycles. The first-order valence-corrected chi connectivity index (χ1v) is 13.5. The van der Waals surface area contributed by atoms with Crippen LogP contribution in [0.1, 0.15) is 42.0 Å². The molecule has 0 radical (unpaired) electrons. The highest BCUT2D eigenvalue weighted by atomic mass is 32.2. The van der Waals surface area contributed by atoms with E-state index < -0.39 is 10.8 Å². The fourth-order valence-electron chi connectivity index (χ4n) is 4.43. The Bertz CT molecular complexity index is 1270. The lowest BCUT2D eigenvalue weighted by atomic mass is 10.1. The standard InChI is InChI=1S/C29H31NO6S/c1-19-11-13-21(14-12-19)37(31)26-9-5-4-8-22(26)29-30-23(18-35-29)20-16-24(32-2)28(25(17-20)33-3)36-27-10-6-7-15-34-27/h4-5,8-9,11-14,16-17,23,27H,6-7,10,15,18H2,1-3H3/t23-,27?,37+/m1/s1. The number of hydrogen-bond acceptors (Lipinski definition) is 7. The predicted molar refractivity (Wildman–Crippen MR) is 141 cm³/mol. The highest BCUT2D eigenvalue weighted by Crippen LogP contribution is 2.43. The van der Waals surface area contributed by atoms with Crippen molar-refractivity contribution in [2.45, 2.75) is 48.3 Å². The van der Waals surface area contributed by atoms with Crippen LogP contribution in [0.15, 0.2) is 75.4 Å². The van der Waals surface area contributed by atoms with Crippen molar-refractivity contribution in [1.82, 2.24) is 0 Å². The van der Waals surface area contributed by atoms with Crippen molar-refractivity contribution in [2.24, 2.45) is 4.99 Å². The third-order valence-electron chi connectivity index (χ3n) is 6.46. The molecule has 8 heteroatoms. The van der Waals surface area contributed by atoms with E-state index in [4.69, 9.17) is 28.7 Å². The summed E-state index contributed by atoms with van der Waals surface area (Å²) in [6.07, 6.45) is 2.59. The van der Waals surface area contributed by atoms with E-state index >= 15 is 0 Å². The van der Waals surface area contributed by atoms with Gasteiger partial charge in [0.1, 0.15) is 12.6 Å². The molecule has 0 aliphatic carbocycles. The predicted octanol–water partition coefficient (Wildman–Crippen LogP) is 5.60. The van der Waals surface area contributed by atoms with E-state index in [2.05, 4.69) is 0 Å². The molecule has 37 heavy (non-hydrogen) atoms. The summed E-state index contributed by atoms with van der Waals surface area (Å²) >= 11 is 0.